The Morgan fingerprint density at radius 1 is 0.944 bits per heavy atom. The molecule has 1 aliphatic rings. The molecule has 1 fully saturated rings. The number of halogens is 1. The van der Waals surface area contributed by atoms with Crippen LogP contribution in [0.4, 0.5) is 5.69 Å². The molecule has 0 bridgehead atoms. The molecule has 3 aromatic rings. The first-order valence-electron chi connectivity index (χ1n) is 12.2. The number of rotatable bonds is 9. The third-order valence-corrected chi connectivity index (χ3v) is 7.90. The SMILES string of the molecule is CS(=O)(=O)N(Cc1ccccc1Cl)c1ccc(C(=O)NCc2cccc(CN3CCCCC3)c2)cc1. The van der Waals surface area contributed by atoms with Crippen molar-refractivity contribution in [2.75, 3.05) is 23.7 Å². The van der Waals surface area contributed by atoms with Gasteiger partial charge in [-0.25, -0.2) is 8.42 Å². The molecule has 0 aromatic heterocycles. The number of amides is 1. The molecule has 36 heavy (non-hydrogen) atoms. The maximum Gasteiger partial charge on any atom is 0.251 e. The highest BCUT2D eigenvalue weighted by Crippen LogP contribution is 2.24. The van der Waals surface area contributed by atoms with Gasteiger partial charge in [-0.2, -0.15) is 0 Å². The summed E-state index contributed by atoms with van der Waals surface area (Å²) in [5, 5.41) is 3.47. The molecule has 190 valence electrons. The monoisotopic (exact) mass is 525 g/mol. The van der Waals surface area contributed by atoms with Crippen molar-refractivity contribution in [3.8, 4) is 0 Å². The van der Waals surface area contributed by atoms with Gasteiger partial charge in [0.25, 0.3) is 5.91 Å². The summed E-state index contributed by atoms with van der Waals surface area (Å²) >= 11 is 6.24. The molecule has 8 heteroatoms. The van der Waals surface area contributed by atoms with Crippen LogP contribution in [0.2, 0.25) is 5.02 Å². The van der Waals surface area contributed by atoms with E-state index in [-0.39, 0.29) is 12.5 Å². The molecular weight excluding hydrogens is 494 g/mol. The fraction of sp³-hybridized carbons (Fsp3) is 0.321. The third kappa shape index (κ3) is 7.09. The van der Waals surface area contributed by atoms with Crippen molar-refractivity contribution < 1.29 is 13.2 Å². The lowest BCUT2D eigenvalue weighted by Gasteiger charge is -2.26. The van der Waals surface area contributed by atoms with E-state index in [1.54, 1.807) is 42.5 Å². The van der Waals surface area contributed by atoms with Gasteiger partial charge < -0.3 is 5.32 Å². The molecule has 6 nitrogen and oxygen atoms in total. The van der Waals surface area contributed by atoms with E-state index in [2.05, 4.69) is 22.3 Å². The molecule has 4 rings (SSSR count). The summed E-state index contributed by atoms with van der Waals surface area (Å²) in [6.45, 7) is 3.76. The van der Waals surface area contributed by atoms with Gasteiger partial charge in [-0.1, -0.05) is 60.5 Å². The Bertz CT molecular complexity index is 1290. The van der Waals surface area contributed by atoms with Gasteiger partial charge in [0.2, 0.25) is 10.0 Å². The van der Waals surface area contributed by atoms with E-state index < -0.39 is 10.0 Å². The van der Waals surface area contributed by atoms with Crippen molar-refractivity contribution in [2.45, 2.75) is 38.9 Å². The predicted octanol–water partition coefficient (Wildman–Crippen LogP) is 5.22. The number of hydrogen-bond donors (Lipinski definition) is 1. The summed E-state index contributed by atoms with van der Waals surface area (Å²) in [5.74, 6) is -0.208. The zero-order valence-electron chi connectivity index (χ0n) is 20.5. The summed E-state index contributed by atoms with van der Waals surface area (Å²) in [7, 11) is -3.56. The third-order valence-electron chi connectivity index (χ3n) is 6.39. The molecule has 1 heterocycles. The fourth-order valence-electron chi connectivity index (χ4n) is 4.46. The van der Waals surface area contributed by atoms with Gasteiger partial charge >= 0.3 is 0 Å². The van der Waals surface area contributed by atoms with Crippen LogP contribution in [0.25, 0.3) is 0 Å². The maximum absolute atomic E-state index is 12.8. The van der Waals surface area contributed by atoms with Crippen molar-refractivity contribution in [2.24, 2.45) is 0 Å². The minimum absolute atomic E-state index is 0.109. The maximum atomic E-state index is 12.8. The molecule has 1 saturated heterocycles. The minimum atomic E-state index is -3.56. The zero-order valence-corrected chi connectivity index (χ0v) is 22.1. The number of benzene rings is 3. The second-order valence-electron chi connectivity index (χ2n) is 9.25. The number of likely N-dealkylation sites (tertiary alicyclic amines) is 1. The highest BCUT2D eigenvalue weighted by Gasteiger charge is 2.19. The van der Waals surface area contributed by atoms with Gasteiger partial charge in [0, 0.05) is 23.7 Å². The van der Waals surface area contributed by atoms with Crippen LogP contribution in [0.3, 0.4) is 0 Å². The van der Waals surface area contributed by atoms with Crippen LogP contribution in [-0.2, 0) is 29.7 Å². The second-order valence-corrected chi connectivity index (χ2v) is 11.6. The Labute approximate surface area is 218 Å². The number of hydrogen-bond acceptors (Lipinski definition) is 4. The number of piperidine rings is 1. The first kappa shape index (κ1) is 26.2. The minimum Gasteiger partial charge on any atom is -0.348 e. The second kappa shape index (κ2) is 11.9. The van der Waals surface area contributed by atoms with Crippen molar-refractivity contribution in [1.82, 2.24) is 10.2 Å². The van der Waals surface area contributed by atoms with Crippen molar-refractivity contribution in [3.63, 3.8) is 0 Å². The first-order valence-corrected chi connectivity index (χ1v) is 14.4. The fourth-order valence-corrected chi connectivity index (χ4v) is 5.53. The lowest BCUT2D eigenvalue weighted by atomic mass is 10.1. The summed E-state index contributed by atoms with van der Waals surface area (Å²) in [5.41, 5.74) is 3.95. The average Bonchev–Trinajstić information content (AvgIpc) is 2.87. The van der Waals surface area contributed by atoms with Crippen LogP contribution in [0.15, 0.2) is 72.8 Å². The highest BCUT2D eigenvalue weighted by atomic mass is 35.5. The molecule has 0 saturated carbocycles. The van der Waals surface area contributed by atoms with E-state index in [0.29, 0.717) is 28.4 Å². The average molecular weight is 526 g/mol. The summed E-state index contributed by atoms with van der Waals surface area (Å²) in [4.78, 5) is 15.2. The molecule has 1 aliphatic heterocycles. The lowest BCUT2D eigenvalue weighted by Crippen LogP contribution is -2.29. The Hall–Kier alpha value is -2.87. The van der Waals surface area contributed by atoms with Gasteiger partial charge in [-0.15, -0.1) is 0 Å². The molecular formula is C28H32ClN3O3S. The van der Waals surface area contributed by atoms with Gasteiger partial charge in [0.15, 0.2) is 0 Å². The van der Waals surface area contributed by atoms with Crippen LogP contribution < -0.4 is 9.62 Å². The van der Waals surface area contributed by atoms with Crippen LogP contribution in [0.1, 0.15) is 46.3 Å². The number of nitrogens with one attached hydrogen (secondary N) is 1. The van der Waals surface area contributed by atoms with E-state index in [1.165, 1.54) is 29.1 Å². The molecule has 1 N–H and O–H groups in total. The van der Waals surface area contributed by atoms with Crippen LogP contribution in [0, 0.1) is 0 Å². The quantitative estimate of drug-likeness (QED) is 0.415. The van der Waals surface area contributed by atoms with Gasteiger partial charge in [0.1, 0.15) is 0 Å². The normalized spacial score (nSPS) is 14.4. The lowest BCUT2D eigenvalue weighted by molar-refractivity contribution is 0.0951. The van der Waals surface area contributed by atoms with Gasteiger partial charge in [0.05, 0.1) is 18.5 Å². The van der Waals surface area contributed by atoms with Crippen LogP contribution >= 0.6 is 11.6 Å². The van der Waals surface area contributed by atoms with Crippen LogP contribution in [-0.4, -0.2) is 38.6 Å². The van der Waals surface area contributed by atoms with E-state index in [1.807, 2.05) is 18.2 Å². The Morgan fingerprint density at radius 2 is 1.64 bits per heavy atom. The number of sulfonamides is 1. The molecule has 0 spiro atoms. The van der Waals surface area contributed by atoms with E-state index in [4.69, 9.17) is 11.6 Å². The standard InChI is InChI=1S/C28H32ClN3O3S/c1-36(34,35)32(21-25-10-3-4-11-27(25)29)26-14-12-24(13-15-26)28(33)30-19-22-8-7-9-23(18-22)20-31-16-5-2-6-17-31/h3-4,7-15,18H,2,5-6,16-17,19-21H2,1H3,(H,30,33). The largest absolute Gasteiger partial charge is 0.348 e. The smallest absolute Gasteiger partial charge is 0.251 e. The summed E-state index contributed by atoms with van der Waals surface area (Å²) in [6, 6.07) is 22.1. The Balaban J connectivity index is 1.39. The van der Waals surface area contributed by atoms with E-state index in [0.717, 1.165) is 31.5 Å². The van der Waals surface area contributed by atoms with E-state index >= 15 is 0 Å². The predicted molar refractivity (Wildman–Crippen MR) is 146 cm³/mol. The topological polar surface area (TPSA) is 69.7 Å². The van der Waals surface area contributed by atoms with Crippen molar-refractivity contribution in [1.29, 1.82) is 0 Å². The van der Waals surface area contributed by atoms with Gasteiger partial charge in [-0.3, -0.25) is 14.0 Å². The molecule has 0 aliphatic carbocycles. The number of carbonyl (C=O) groups excluding carboxylic acids is 1. The van der Waals surface area contributed by atoms with E-state index in [9.17, 15) is 13.2 Å². The molecule has 0 atom stereocenters. The van der Waals surface area contributed by atoms with Crippen molar-refractivity contribution >= 4 is 33.2 Å². The molecule has 3 aromatic carbocycles. The van der Waals surface area contributed by atoms with Crippen molar-refractivity contribution in [3.05, 3.63) is 100 Å². The Morgan fingerprint density at radius 3 is 2.33 bits per heavy atom. The zero-order chi connectivity index (χ0) is 25.5. The highest BCUT2D eigenvalue weighted by molar-refractivity contribution is 7.92. The molecule has 0 radical (unpaired) electrons. The molecule has 1 amide bonds. The Kier molecular flexibility index (Phi) is 8.67. The first-order chi connectivity index (χ1) is 17.3. The van der Waals surface area contributed by atoms with Crippen LogP contribution in [0.5, 0.6) is 0 Å². The number of nitrogens with zero attached hydrogens (tertiary/aromatic N) is 2. The summed E-state index contributed by atoms with van der Waals surface area (Å²) < 4.78 is 26.2. The number of carbonyl (C=O) groups is 1. The summed E-state index contributed by atoms with van der Waals surface area (Å²) in [6.07, 6.45) is 4.99. The number of anilines is 1. The van der Waals surface area contributed by atoms with Gasteiger partial charge in [-0.05, 0) is 73.0 Å². The molecule has 0 unspecified atom stereocenters.